The maximum absolute atomic E-state index is 13.6. The number of anilines is 3. The number of aryl methyl sites for hydroxylation is 1. The lowest BCUT2D eigenvalue weighted by atomic mass is 10.1. The van der Waals surface area contributed by atoms with Gasteiger partial charge >= 0.3 is 0 Å². The SMILES string of the molecule is COc1ccccc1N(C)S(=O)(=O)c1ccc(C)c(C(=O)N2CC(=O)Nc3ccc(C#N)cc32)c1. The first-order valence-corrected chi connectivity index (χ1v) is 12.0. The summed E-state index contributed by atoms with van der Waals surface area (Å²) in [4.78, 5) is 27.0. The second-order valence-corrected chi connectivity index (χ2v) is 9.87. The van der Waals surface area contributed by atoms with Gasteiger partial charge in [-0.2, -0.15) is 5.26 Å². The average molecular weight is 491 g/mol. The molecule has 0 bridgehead atoms. The summed E-state index contributed by atoms with van der Waals surface area (Å²) in [5, 5.41) is 12.0. The van der Waals surface area contributed by atoms with Gasteiger partial charge in [0.05, 0.1) is 40.7 Å². The van der Waals surface area contributed by atoms with Gasteiger partial charge in [-0.15, -0.1) is 0 Å². The number of nitrogens with zero attached hydrogens (tertiary/aromatic N) is 3. The monoisotopic (exact) mass is 490 g/mol. The number of para-hydroxylation sites is 2. The smallest absolute Gasteiger partial charge is 0.264 e. The molecule has 4 rings (SSSR count). The van der Waals surface area contributed by atoms with E-state index in [9.17, 15) is 23.3 Å². The van der Waals surface area contributed by atoms with Crippen LogP contribution in [0.25, 0.3) is 0 Å². The van der Waals surface area contributed by atoms with Crippen molar-refractivity contribution < 1.29 is 22.7 Å². The molecule has 0 fully saturated rings. The molecular formula is C25H22N4O5S. The minimum absolute atomic E-state index is 0.0904. The van der Waals surface area contributed by atoms with E-state index in [1.54, 1.807) is 49.4 Å². The van der Waals surface area contributed by atoms with Gasteiger partial charge in [-0.05, 0) is 55.0 Å². The van der Waals surface area contributed by atoms with Gasteiger partial charge in [0.1, 0.15) is 12.3 Å². The third-order valence-electron chi connectivity index (χ3n) is 5.76. The Morgan fingerprint density at radius 2 is 1.89 bits per heavy atom. The van der Waals surface area contributed by atoms with Crippen LogP contribution in [0.4, 0.5) is 17.1 Å². The Morgan fingerprint density at radius 1 is 1.14 bits per heavy atom. The van der Waals surface area contributed by atoms with Crippen LogP contribution in [-0.4, -0.2) is 40.9 Å². The van der Waals surface area contributed by atoms with Crippen molar-refractivity contribution in [1.29, 1.82) is 5.26 Å². The van der Waals surface area contributed by atoms with E-state index >= 15 is 0 Å². The normalized spacial score (nSPS) is 12.9. The molecule has 3 aromatic carbocycles. The van der Waals surface area contributed by atoms with E-state index in [-0.39, 0.29) is 17.0 Å². The number of hydrogen-bond donors (Lipinski definition) is 1. The van der Waals surface area contributed by atoms with Crippen molar-refractivity contribution in [2.75, 3.05) is 35.2 Å². The Bertz CT molecular complexity index is 1490. The van der Waals surface area contributed by atoms with E-state index in [1.165, 1.54) is 37.3 Å². The van der Waals surface area contributed by atoms with E-state index in [2.05, 4.69) is 5.32 Å². The number of carbonyl (C=O) groups is 2. The topological polar surface area (TPSA) is 120 Å². The molecule has 0 atom stereocenters. The lowest BCUT2D eigenvalue weighted by Crippen LogP contribution is -2.42. The lowest BCUT2D eigenvalue weighted by molar-refractivity contribution is -0.115. The molecule has 0 saturated heterocycles. The van der Waals surface area contributed by atoms with Crippen LogP contribution in [0.3, 0.4) is 0 Å². The summed E-state index contributed by atoms with van der Waals surface area (Å²) in [6.07, 6.45) is 0. The number of hydrogen-bond acceptors (Lipinski definition) is 6. The summed E-state index contributed by atoms with van der Waals surface area (Å²) in [5.74, 6) is -0.565. The number of amides is 2. The van der Waals surface area contributed by atoms with Crippen LogP contribution in [0.5, 0.6) is 5.75 Å². The second kappa shape index (κ2) is 9.12. The van der Waals surface area contributed by atoms with Gasteiger partial charge in [0.15, 0.2) is 0 Å². The molecular weight excluding hydrogens is 468 g/mol. The van der Waals surface area contributed by atoms with Crippen molar-refractivity contribution in [3.63, 3.8) is 0 Å². The number of rotatable bonds is 5. The van der Waals surface area contributed by atoms with Crippen LogP contribution in [0, 0.1) is 18.3 Å². The highest BCUT2D eigenvalue weighted by atomic mass is 32.2. The molecule has 0 unspecified atom stereocenters. The van der Waals surface area contributed by atoms with Gasteiger partial charge in [0.25, 0.3) is 15.9 Å². The van der Waals surface area contributed by atoms with Crippen molar-refractivity contribution in [2.45, 2.75) is 11.8 Å². The zero-order chi connectivity index (χ0) is 25.3. The van der Waals surface area contributed by atoms with E-state index in [0.717, 1.165) is 4.31 Å². The Hall–Kier alpha value is -4.36. The first-order chi connectivity index (χ1) is 16.7. The highest BCUT2D eigenvalue weighted by Gasteiger charge is 2.31. The highest BCUT2D eigenvalue weighted by Crippen LogP contribution is 2.34. The number of nitrogens with one attached hydrogen (secondary N) is 1. The molecule has 0 radical (unpaired) electrons. The number of benzene rings is 3. The van der Waals surface area contributed by atoms with E-state index in [1.807, 2.05) is 6.07 Å². The number of carbonyl (C=O) groups excluding carboxylic acids is 2. The lowest BCUT2D eigenvalue weighted by Gasteiger charge is -2.30. The Balaban J connectivity index is 1.76. The number of methoxy groups -OCH3 is 1. The summed E-state index contributed by atoms with van der Waals surface area (Å²) >= 11 is 0. The fourth-order valence-corrected chi connectivity index (χ4v) is 5.08. The molecule has 1 aliphatic rings. The predicted molar refractivity (Wildman–Crippen MR) is 131 cm³/mol. The van der Waals surface area contributed by atoms with Gasteiger partial charge in [-0.1, -0.05) is 18.2 Å². The average Bonchev–Trinajstić information content (AvgIpc) is 2.87. The van der Waals surface area contributed by atoms with Gasteiger partial charge in [0, 0.05) is 12.6 Å². The second-order valence-electron chi connectivity index (χ2n) is 7.90. The summed E-state index contributed by atoms with van der Waals surface area (Å²) in [6, 6.07) is 17.6. The Labute approximate surface area is 203 Å². The van der Waals surface area contributed by atoms with Crippen molar-refractivity contribution in [3.8, 4) is 11.8 Å². The summed E-state index contributed by atoms with van der Waals surface area (Å²) < 4.78 is 33.3. The molecule has 2 amide bonds. The molecule has 10 heteroatoms. The van der Waals surface area contributed by atoms with Crippen LogP contribution < -0.4 is 19.3 Å². The third kappa shape index (κ3) is 4.29. The van der Waals surface area contributed by atoms with Crippen molar-refractivity contribution >= 4 is 38.9 Å². The molecule has 0 saturated carbocycles. The third-order valence-corrected chi connectivity index (χ3v) is 7.53. The molecule has 35 heavy (non-hydrogen) atoms. The first-order valence-electron chi connectivity index (χ1n) is 10.6. The quantitative estimate of drug-likeness (QED) is 0.586. The molecule has 0 aromatic heterocycles. The fraction of sp³-hybridized carbons (Fsp3) is 0.160. The molecule has 1 aliphatic heterocycles. The standard InChI is InChI=1S/C25H22N4O5S/c1-16-8-10-18(35(32,33)28(2)21-6-4-5-7-23(21)34-3)13-19(16)25(31)29-15-24(30)27-20-11-9-17(14-26)12-22(20)29/h4-13H,15H2,1-3H3,(H,27,30). The molecule has 1 heterocycles. The summed E-state index contributed by atoms with van der Waals surface area (Å²) in [6.45, 7) is 1.42. The zero-order valence-electron chi connectivity index (χ0n) is 19.3. The summed E-state index contributed by atoms with van der Waals surface area (Å²) in [5.41, 5.74) is 2.09. The summed E-state index contributed by atoms with van der Waals surface area (Å²) in [7, 11) is -1.19. The number of sulfonamides is 1. The Kier molecular flexibility index (Phi) is 6.20. The number of ether oxygens (including phenoxy) is 1. The molecule has 0 spiro atoms. The number of fused-ring (bicyclic) bond motifs is 1. The van der Waals surface area contributed by atoms with Crippen molar-refractivity contribution in [3.05, 3.63) is 77.4 Å². The minimum atomic E-state index is -4.05. The van der Waals surface area contributed by atoms with E-state index in [4.69, 9.17) is 4.74 Å². The van der Waals surface area contributed by atoms with Gasteiger partial charge in [-0.25, -0.2) is 8.42 Å². The van der Waals surface area contributed by atoms with E-state index < -0.39 is 21.8 Å². The van der Waals surface area contributed by atoms with Gasteiger partial charge in [-0.3, -0.25) is 18.8 Å². The zero-order valence-corrected chi connectivity index (χ0v) is 20.1. The van der Waals surface area contributed by atoms with E-state index in [0.29, 0.717) is 33.9 Å². The predicted octanol–water partition coefficient (Wildman–Crippen LogP) is 3.30. The van der Waals surface area contributed by atoms with Crippen LogP contribution in [-0.2, 0) is 14.8 Å². The van der Waals surface area contributed by atoms with Crippen LogP contribution in [0.1, 0.15) is 21.5 Å². The minimum Gasteiger partial charge on any atom is -0.495 e. The fourth-order valence-electron chi connectivity index (χ4n) is 3.84. The molecule has 178 valence electrons. The van der Waals surface area contributed by atoms with Crippen molar-refractivity contribution in [1.82, 2.24) is 0 Å². The van der Waals surface area contributed by atoms with Crippen molar-refractivity contribution in [2.24, 2.45) is 0 Å². The number of nitriles is 1. The highest BCUT2D eigenvalue weighted by molar-refractivity contribution is 7.92. The van der Waals surface area contributed by atoms with Crippen LogP contribution >= 0.6 is 0 Å². The maximum atomic E-state index is 13.6. The molecule has 9 nitrogen and oxygen atoms in total. The van der Waals surface area contributed by atoms with Gasteiger partial charge < -0.3 is 10.1 Å². The molecule has 1 N–H and O–H groups in total. The Morgan fingerprint density at radius 3 is 2.60 bits per heavy atom. The maximum Gasteiger partial charge on any atom is 0.264 e. The molecule has 3 aromatic rings. The first kappa shape index (κ1) is 23.8. The van der Waals surface area contributed by atoms with Crippen LogP contribution in [0.15, 0.2) is 65.6 Å². The molecule has 0 aliphatic carbocycles. The van der Waals surface area contributed by atoms with Crippen LogP contribution in [0.2, 0.25) is 0 Å². The largest absolute Gasteiger partial charge is 0.495 e. The van der Waals surface area contributed by atoms with Gasteiger partial charge in [0.2, 0.25) is 5.91 Å².